The van der Waals surface area contributed by atoms with Crippen molar-refractivity contribution in [3.05, 3.63) is 42.9 Å². The van der Waals surface area contributed by atoms with Crippen LogP contribution in [0.2, 0.25) is 0 Å². The van der Waals surface area contributed by atoms with Gasteiger partial charge in [-0.3, -0.25) is 4.98 Å². The number of anilines is 2. The van der Waals surface area contributed by atoms with Gasteiger partial charge < -0.3 is 10.4 Å². The van der Waals surface area contributed by atoms with E-state index in [9.17, 15) is 5.11 Å². The lowest BCUT2D eigenvalue weighted by Crippen LogP contribution is -1.92. The number of nitrogens with zero attached hydrogens (tertiary/aromatic N) is 2. The van der Waals surface area contributed by atoms with Gasteiger partial charge in [0.2, 0.25) is 0 Å². The maximum absolute atomic E-state index is 9.43. The number of pyridine rings is 2. The molecule has 0 saturated heterocycles. The fraction of sp³-hybridized carbons (Fsp3) is 0. The second-order valence-corrected chi connectivity index (χ2v) is 2.73. The number of nitrogens with one attached hydrogen (secondary N) is 1. The highest BCUT2D eigenvalue weighted by Crippen LogP contribution is 2.22. The fourth-order valence-corrected chi connectivity index (χ4v) is 1.07. The lowest BCUT2D eigenvalue weighted by Gasteiger charge is -2.05. The van der Waals surface area contributed by atoms with Gasteiger partial charge in [0.05, 0.1) is 0 Å². The zero-order valence-corrected chi connectivity index (χ0v) is 7.38. The molecular weight excluding hydrogens is 178 g/mol. The molecule has 0 saturated carbocycles. The summed E-state index contributed by atoms with van der Waals surface area (Å²) in [7, 11) is 0. The largest absolute Gasteiger partial charge is 0.504 e. The molecule has 70 valence electrons. The van der Waals surface area contributed by atoms with Gasteiger partial charge in [-0.1, -0.05) is 0 Å². The molecule has 0 aliphatic rings. The highest BCUT2D eigenvalue weighted by molar-refractivity contribution is 5.60. The number of rotatable bonds is 2. The highest BCUT2D eigenvalue weighted by atomic mass is 16.3. The van der Waals surface area contributed by atoms with E-state index in [0.717, 1.165) is 5.69 Å². The van der Waals surface area contributed by atoms with E-state index in [0.29, 0.717) is 5.82 Å². The SMILES string of the molecule is Oc1cccnc1Nc1ccncc1. The van der Waals surface area contributed by atoms with Crippen LogP contribution in [0, 0.1) is 0 Å². The summed E-state index contributed by atoms with van der Waals surface area (Å²) in [6.45, 7) is 0. The molecule has 0 fully saturated rings. The van der Waals surface area contributed by atoms with Crippen LogP contribution < -0.4 is 5.32 Å². The van der Waals surface area contributed by atoms with Crippen LogP contribution in [-0.4, -0.2) is 15.1 Å². The average Bonchev–Trinajstić information content (AvgIpc) is 2.23. The lowest BCUT2D eigenvalue weighted by molar-refractivity contribution is 0.475. The van der Waals surface area contributed by atoms with E-state index in [1.54, 1.807) is 42.9 Å². The predicted molar refractivity (Wildman–Crippen MR) is 53.4 cm³/mol. The van der Waals surface area contributed by atoms with E-state index in [1.165, 1.54) is 0 Å². The van der Waals surface area contributed by atoms with Gasteiger partial charge >= 0.3 is 0 Å². The molecule has 0 aliphatic heterocycles. The van der Waals surface area contributed by atoms with Crippen LogP contribution in [-0.2, 0) is 0 Å². The molecular formula is C10H9N3O. The van der Waals surface area contributed by atoms with Crippen molar-refractivity contribution >= 4 is 11.5 Å². The average molecular weight is 187 g/mol. The number of aromatic nitrogens is 2. The van der Waals surface area contributed by atoms with Crippen molar-refractivity contribution in [3.63, 3.8) is 0 Å². The van der Waals surface area contributed by atoms with Crippen molar-refractivity contribution in [3.8, 4) is 5.75 Å². The standard InChI is InChI=1S/C10H9N3O/c14-9-2-1-5-12-10(9)13-8-3-6-11-7-4-8/h1-7,14H,(H,11,12,13). The summed E-state index contributed by atoms with van der Waals surface area (Å²) in [6.07, 6.45) is 4.95. The quantitative estimate of drug-likeness (QED) is 0.754. The first-order valence-corrected chi connectivity index (χ1v) is 4.17. The Morgan fingerprint density at radius 2 is 1.86 bits per heavy atom. The Kier molecular flexibility index (Phi) is 2.27. The summed E-state index contributed by atoms with van der Waals surface area (Å²) in [5.74, 6) is 0.572. The van der Waals surface area contributed by atoms with Gasteiger partial charge in [0.15, 0.2) is 11.6 Å². The first-order valence-electron chi connectivity index (χ1n) is 4.17. The van der Waals surface area contributed by atoms with Crippen molar-refractivity contribution < 1.29 is 5.11 Å². The van der Waals surface area contributed by atoms with Gasteiger partial charge in [0.1, 0.15) is 0 Å². The summed E-state index contributed by atoms with van der Waals surface area (Å²) in [5, 5.41) is 12.4. The summed E-state index contributed by atoms with van der Waals surface area (Å²) >= 11 is 0. The third kappa shape index (κ3) is 1.80. The van der Waals surface area contributed by atoms with E-state index in [-0.39, 0.29) is 5.75 Å². The topological polar surface area (TPSA) is 58.0 Å². The molecule has 0 radical (unpaired) electrons. The molecule has 2 N–H and O–H groups in total. The molecule has 2 heterocycles. The van der Waals surface area contributed by atoms with Crippen molar-refractivity contribution in [2.24, 2.45) is 0 Å². The van der Waals surface area contributed by atoms with Crippen LogP contribution in [0.1, 0.15) is 0 Å². The minimum Gasteiger partial charge on any atom is -0.504 e. The Hall–Kier alpha value is -2.10. The maximum atomic E-state index is 9.43. The Labute approximate surface area is 81.3 Å². The summed E-state index contributed by atoms with van der Waals surface area (Å²) in [5.41, 5.74) is 0.842. The molecule has 0 aliphatic carbocycles. The van der Waals surface area contributed by atoms with Gasteiger partial charge in [-0.2, -0.15) is 0 Å². The van der Waals surface area contributed by atoms with Crippen molar-refractivity contribution in [2.75, 3.05) is 5.32 Å². The highest BCUT2D eigenvalue weighted by Gasteiger charge is 2.00. The second-order valence-electron chi connectivity index (χ2n) is 2.73. The minimum atomic E-state index is 0.129. The number of aromatic hydroxyl groups is 1. The lowest BCUT2D eigenvalue weighted by atomic mass is 10.3. The van der Waals surface area contributed by atoms with Crippen LogP contribution in [0.4, 0.5) is 11.5 Å². The minimum absolute atomic E-state index is 0.129. The van der Waals surface area contributed by atoms with Gasteiger partial charge in [-0.15, -0.1) is 0 Å². The first-order chi connectivity index (χ1) is 6.86. The second kappa shape index (κ2) is 3.74. The Bertz CT molecular complexity index is 417. The van der Waals surface area contributed by atoms with Crippen LogP contribution in [0.5, 0.6) is 5.75 Å². The van der Waals surface area contributed by atoms with Crippen molar-refractivity contribution in [1.29, 1.82) is 0 Å². The summed E-state index contributed by atoms with van der Waals surface area (Å²) in [4.78, 5) is 7.88. The third-order valence-electron chi connectivity index (χ3n) is 1.73. The van der Waals surface area contributed by atoms with E-state index in [4.69, 9.17) is 0 Å². The molecule has 0 bridgehead atoms. The molecule has 0 amide bonds. The molecule has 0 spiro atoms. The molecule has 4 heteroatoms. The Morgan fingerprint density at radius 3 is 2.57 bits per heavy atom. The Morgan fingerprint density at radius 1 is 1.07 bits per heavy atom. The molecule has 14 heavy (non-hydrogen) atoms. The Balaban J connectivity index is 2.24. The normalized spacial score (nSPS) is 9.71. The zero-order valence-electron chi connectivity index (χ0n) is 7.38. The maximum Gasteiger partial charge on any atom is 0.172 e. The van der Waals surface area contributed by atoms with E-state index in [2.05, 4.69) is 15.3 Å². The predicted octanol–water partition coefficient (Wildman–Crippen LogP) is 1.93. The van der Waals surface area contributed by atoms with Crippen LogP contribution in [0.25, 0.3) is 0 Å². The van der Waals surface area contributed by atoms with Crippen LogP contribution in [0.3, 0.4) is 0 Å². The van der Waals surface area contributed by atoms with Gasteiger partial charge in [-0.05, 0) is 24.3 Å². The smallest absolute Gasteiger partial charge is 0.172 e. The number of hydrogen-bond donors (Lipinski definition) is 2. The molecule has 2 aromatic heterocycles. The molecule has 2 rings (SSSR count). The van der Waals surface area contributed by atoms with Crippen LogP contribution in [0.15, 0.2) is 42.9 Å². The van der Waals surface area contributed by atoms with Gasteiger partial charge in [0.25, 0.3) is 0 Å². The molecule has 0 unspecified atom stereocenters. The third-order valence-corrected chi connectivity index (χ3v) is 1.73. The van der Waals surface area contributed by atoms with Crippen molar-refractivity contribution in [1.82, 2.24) is 9.97 Å². The van der Waals surface area contributed by atoms with E-state index < -0.39 is 0 Å². The molecule has 4 nitrogen and oxygen atoms in total. The molecule has 0 atom stereocenters. The summed E-state index contributed by atoms with van der Waals surface area (Å²) < 4.78 is 0. The molecule has 2 aromatic rings. The van der Waals surface area contributed by atoms with Gasteiger partial charge in [0, 0.05) is 24.3 Å². The first kappa shape index (κ1) is 8.50. The fourth-order valence-electron chi connectivity index (χ4n) is 1.07. The summed E-state index contributed by atoms with van der Waals surface area (Å²) in [6, 6.07) is 6.85. The zero-order chi connectivity index (χ0) is 9.80. The van der Waals surface area contributed by atoms with Crippen molar-refractivity contribution in [2.45, 2.75) is 0 Å². The van der Waals surface area contributed by atoms with E-state index >= 15 is 0 Å². The van der Waals surface area contributed by atoms with Gasteiger partial charge in [-0.25, -0.2) is 4.98 Å². The molecule has 0 aromatic carbocycles. The van der Waals surface area contributed by atoms with E-state index in [1.807, 2.05) is 0 Å². The monoisotopic (exact) mass is 187 g/mol. The number of hydrogen-bond acceptors (Lipinski definition) is 4. The van der Waals surface area contributed by atoms with Crippen LogP contribution >= 0.6 is 0 Å².